The molecule has 0 aromatic heterocycles. The summed E-state index contributed by atoms with van der Waals surface area (Å²) in [5.41, 5.74) is 1.85. The van der Waals surface area contributed by atoms with Gasteiger partial charge in [-0.05, 0) is 43.4 Å². The lowest BCUT2D eigenvalue weighted by atomic mass is 10.1. The molecule has 1 N–H and O–H groups in total. The van der Waals surface area contributed by atoms with Crippen LogP contribution in [-0.4, -0.2) is 33.3 Å². The van der Waals surface area contributed by atoms with E-state index in [0.29, 0.717) is 5.56 Å². The molecule has 1 aromatic rings. The molecular weight excluding hydrogens is 225 g/mol. The summed E-state index contributed by atoms with van der Waals surface area (Å²) in [6, 6.07) is 9.51. The van der Waals surface area contributed by atoms with E-state index in [9.17, 15) is 0 Å². The minimum absolute atomic E-state index is 0. The van der Waals surface area contributed by atoms with E-state index in [1.54, 1.807) is 12.1 Å². The Morgan fingerprint density at radius 2 is 1.78 bits per heavy atom. The van der Waals surface area contributed by atoms with Gasteiger partial charge in [-0.1, -0.05) is 12.1 Å². The van der Waals surface area contributed by atoms with Crippen molar-refractivity contribution in [1.29, 1.82) is 5.26 Å². The van der Waals surface area contributed by atoms with Crippen LogP contribution in [0.1, 0.15) is 30.4 Å². The van der Waals surface area contributed by atoms with Crippen molar-refractivity contribution in [1.82, 2.24) is 0 Å². The maximum atomic E-state index is 8.58. The molecule has 4 heteroatoms. The molecule has 1 fully saturated rings. The topological polar surface area (TPSA) is 53.2 Å². The predicted molar refractivity (Wildman–Crippen MR) is 72.4 cm³/mol. The number of aryl methyl sites for hydroxylation is 1. The quantitative estimate of drug-likeness (QED) is 0.826. The molecule has 3 radical (unpaired) electrons. The van der Waals surface area contributed by atoms with E-state index in [4.69, 9.17) is 15.1 Å². The molecule has 1 saturated heterocycles. The Labute approximate surface area is 111 Å². The van der Waals surface area contributed by atoms with Crippen molar-refractivity contribution in [3.8, 4) is 6.07 Å². The molecule has 0 atom stereocenters. The molecule has 95 valence electrons. The first-order valence-electron chi connectivity index (χ1n) is 6.04. The van der Waals surface area contributed by atoms with Crippen LogP contribution in [0.15, 0.2) is 24.3 Å². The summed E-state index contributed by atoms with van der Waals surface area (Å²) in [4.78, 5) is 0. The van der Waals surface area contributed by atoms with Crippen molar-refractivity contribution >= 4 is 8.41 Å². The van der Waals surface area contributed by atoms with Crippen LogP contribution in [0.4, 0.5) is 0 Å². The van der Waals surface area contributed by atoms with E-state index in [1.807, 2.05) is 12.1 Å². The van der Waals surface area contributed by atoms with Gasteiger partial charge in [-0.3, -0.25) is 0 Å². The molecule has 1 aliphatic rings. The molecule has 0 spiro atoms. The van der Waals surface area contributed by atoms with Gasteiger partial charge in [0.2, 0.25) is 0 Å². The molecule has 1 aromatic carbocycles. The summed E-state index contributed by atoms with van der Waals surface area (Å²) in [7, 11) is 0. The summed E-state index contributed by atoms with van der Waals surface area (Å²) in [5.74, 6) is 0. The molecule has 0 unspecified atom stereocenters. The highest BCUT2D eigenvalue weighted by atomic mass is 16.5. The summed E-state index contributed by atoms with van der Waals surface area (Å²) >= 11 is 0. The van der Waals surface area contributed by atoms with E-state index in [2.05, 4.69) is 6.07 Å². The first-order valence-corrected chi connectivity index (χ1v) is 6.04. The lowest BCUT2D eigenvalue weighted by Crippen LogP contribution is -1.88. The van der Waals surface area contributed by atoms with Crippen molar-refractivity contribution in [2.75, 3.05) is 19.8 Å². The lowest BCUT2D eigenvalue weighted by Gasteiger charge is -1.97. The van der Waals surface area contributed by atoms with Gasteiger partial charge in [0.1, 0.15) is 0 Å². The van der Waals surface area contributed by atoms with Gasteiger partial charge in [0.05, 0.1) is 11.6 Å². The third-order valence-electron chi connectivity index (χ3n) is 2.53. The summed E-state index contributed by atoms with van der Waals surface area (Å²) in [6.07, 6.45) is 4.22. The van der Waals surface area contributed by atoms with Crippen LogP contribution in [0.3, 0.4) is 0 Å². The molecule has 1 heterocycles. The highest BCUT2D eigenvalue weighted by Gasteiger charge is 1.94. The smallest absolute Gasteiger partial charge is 0.0991 e. The predicted octanol–water partition coefficient (Wildman–Crippen LogP) is 1.90. The standard InChI is InChI=1S/C10H11NO.C4H8O.B/c11-8-10-5-3-9(4-6-10)2-1-7-12;1-2-4-5-3-1;/h3-6,12H,1-2,7H2;1-4H2;. The lowest BCUT2D eigenvalue weighted by molar-refractivity contribution is 0.198. The Morgan fingerprint density at radius 3 is 2.17 bits per heavy atom. The van der Waals surface area contributed by atoms with E-state index < -0.39 is 0 Å². The SMILES string of the molecule is C1CCOC1.N#Cc1ccc(CCCO)cc1.[B]. The maximum Gasteiger partial charge on any atom is 0.0991 e. The van der Waals surface area contributed by atoms with Crippen LogP contribution >= 0.6 is 0 Å². The highest BCUT2D eigenvalue weighted by molar-refractivity contribution is 5.75. The fourth-order valence-corrected chi connectivity index (χ4v) is 1.54. The van der Waals surface area contributed by atoms with Gasteiger partial charge in [-0.15, -0.1) is 0 Å². The zero-order valence-corrected chi connectivity index (χ0v) is 10.6. The second-order valence-electron chi connectivity index (χ2n) is 3.96. The number of rotatable bonds is 3. The van der Waals surface area contributed by atoms with Crippen LogP contribution < -0.4 is 0 Å². The third-order valence-corrected chi connectivity index (χ3v) is 2.53. The largest absolute Gasteiger partial charge is 0.396 e. The van der Waals surface area contributed by atoms with Gasteiger partial charge in [0.15, 0.2) is 0 Å². The van der Waals surface area contributed by atoms with Crippen molar-refractivity contribution in [3.05, 3.63) is 35.4 Å². The van der Waals surface area contributed by atoms with E-state index in [1.165, 1.54) is 18.4 Å². The molecule has 0 amide bonds. The Bertz CT molecular complexity index is 334. The van der Waals surface area contributed by atoms with Gasteiger partial charge >= 0.3 is 0 Å². The van der Waals surface area contributed by atoms with Crippen molar-refractivity contribution in [2.24, 2.45) is 0 Å². The van der Waals surface area contributed by atoms with Crippen LogP contribution in [0.5, 0.6) is 0 Å². The molecular formula is C14H19BNO2. The monoisotopic (exact) mass is 244 g/mol. The molecule has 18 heavy (non-hydrogen) atoms. The number of aliphatic hydroxyl groups is 1. The van der Waals surface area contributed by atoms with Gasteiger partial charge in [-0.2, -0.15) is 5.26 Å². The van der Waals surface area contributed by atoms with Crippen molar-refractivity contribution in [3.63, 3.8) is 0 Å². The third kappa shape index (κ3) is 7.11. The van der Waals surface area contributed by atoms with Crippen LogP contribution in [0.25, 0.3) is 0 Å². The average molecular weight is 244 g/mol. The molecule has 1 aliphatic heterocycles. The Kier molecular flexibility index (Phi) is 10.0. The van der Waals surface area contributed by atoms with Crippen LogP contribution in [0, 0.1) is 11.3 Å². The molecule has 0 bridgehead atoms. The van der Waals surface area contributed by atoms with Gasteiger partial charge in [0.25, 0.3) is 0 Å². The minimum Gasteiger partial charge on any atom is -0.396 e. The summed E-state index contributed by atoms with van der Waals surface area (Å²) in [5, 5.41) is 17.1. The summed E-state index contributed by atoms with van der Waals surface area (Å²) < 4.78 is 4.94. The number of hydrogen-bond donors (Lipinski definition) is 1. The normalized spacial score (nSPS) is 12.9. The van der Waals surface area contributed by atoms with E-state index >= 15 is 0 Å². The van der Waals surface area contributed by atoms with Gasteiger partial charge in [-0.25, -0.2) is 0 Å². The molecule has 2 rings (SSSR count). The molecule has 0 aliphatic carbocycles. The second kappa shape index (κ2) is 10.8. The van der Waals surface area contributed by atoms with Crippen LogP contribution in [-0.2, 0) is 11.2 Å². The first-order chi connectivity index (χ1) is 8.36. The van der Waals surface area contributed by atoms with Crippen molar-refractivity contribution < 1.29 is 9.84 Å². The average Bonchev–Trinajstić information content (AvgIpc) is 2.96. The van der Waals surface area contributed by atoms with Gasteiger partial charge in [0, 0.05) is 28.2 Å². The fraction of sp³-hybridized carbons (Fsp3) is 0.500. The van der Waals surface area contributed by atoms with Crippen LogP contribution in [0.2, 0.25) is 0 Å². The zero-order valence-electron chi connectivity index (χ0n) is 10.6. The zero-order chi connectivity index (χ0) is 12.3. The number of ether oxygens (including phenoxy) is 1. The Morgan fingerprint density at radius 1 is 1.17 bits per heavy atom. The molecule has 0 saturated carbocycles. The van der Waals surface area contributed by atoms with E-state index in [-0.39, 0.29) is 15.0 Å². The van der Waals surface area contributed by atoms with Crippen molar-refractivity contribution in [2.45, 2.75) is 25.7 Å². The summed E-state index contributed by atoms with van der Waals surface area (Å²) in [6.45, 7) is 2.22. The number of benzene rings is 1. The number of nitriles is 1. The highest BCUT2D eigenvalue weighted by Crippen LogP contribution is 2.05. The second-order valence-corrected chi connectivity index (χ2v) is 3.96. The Hall–Kier alpha value is -1.31. The Balaban J connectivity index is 0.000000405. The fourth-order valence-electron chi connectivity index (χ4n) is 1.54. The first kappa shape index (κ1) is 16.7. The molecule has 3 nitrogen and oxygen atoms in total. The maximum absolute atomic E-state index is 8.58. The number of hydrogen-bond acceptors (Lipinski definition) is 3. The minimum atomic E-state index is 0. The number of aliphatic hydroxyl groups excluding tert-OH is 1. The van der Waals surface area contributed by atoms with Gasteiger partial charge < -0.3 is 9.84 Å². The number of nitrogens with zero attached hydrogens (tertiary/aromatic N) is 1. The van der Waals surface area contributed by atoms with E-state index in [0.717, 1.165) is 26.1 Å².